The number of rotatable bonds is 1. The molecule has 2 rings (SSSR count). The van der Waals surface area contributed by atoms with Crippen molar-refractivity contribution in [1.29, 1.82) is 0 Å². The van der Waals surface area contributed by atoms with E-state index < -0.39 is 12.1 Å². The third-order valence-electron chi connectivity index (χ3n) is 3.92. The minimum Gasteiger partial charge on any atom is -0.396 e. The standard InChI is InChI=1S/C10H15F3O/c11-10(12,13)7-2-1-3-9(4-7)5-8(9)6-14/h7-8,14H,1-6H2. The highest BCUT2D eigenvalue weighted by Crippen LogP contribution is 2.63. The highest BCUT2D eigenvalue weighted by molar-refractivity contribution is 5.05. The van der Waals surface area contributed by atoms with Crippen LogP contribution in [-0.4, -0.2) is 17.9 Å². The topological polar surface area (TPSA) is 20.2 Å². The highest BCUT2D eigenvalue weighted by atomic mass is 19.4. The Hall–Kier alpha value is -0.250. The Balaban J connectivity index is 1.99. The second-order valence-corrected chi connectivity index (χ2v) is 4.78. The first-order chi connectivity index (χ1) is 6.48. The number of hydrogen-bond donors (Lipinski definition) is 1. The molecule has 4 heteroatoms. The zero-order valence-electron chi connectivity index (χ0n) is 7.98. The number of halogens is 3. The molecule has 0 aromatic rings. The van der Waals surface area contributed by atoms with E-state index in [1.165, 1.54) is 0 Å². The lowest BCUT2D eigenvalue weighted by Crippen LogP contribution is -2.30. The molecule has 3 unspecified atom stereocenters. The third kappa shape index (κ3) is 1.64. The van der Waals surface area contributed by atoms with Crippen molar-refractivity contribution < 1.29 is 18.3 Å². The van der Waals surface area contributed by atoms with Gasteiger partial charge in [-0.15, -0.1) is 0 Å². The average Bonchev–Trinajstić information content (AvgIpc) is 2.77. The van der Waals surface area contributed by atoms with E-state index in [0.717, 1.165) is 12.8 Å². The molecule has 3 atom stereocenters. The minimum absolute atomic E-state index is 0.0601. The normalized spacial score (nSPS) is 42.9. The van der Waals surface area contributed by atoms with Crippen LogP contribution in [0.2, 0.25) is 0 Å². The van der Waals surface area contributed by atoms with Crippen molar-refractivity contribution in [3.05, 3.63) is 0 Å². The van der Waals surface area contributed by atoms with Crippen molar-refractivity contribution in [3.63, 3.8) is 0 Å². The van der Waals surface area contributed by atoms with Crippen molar-refractivity contribution in [2.45, 2.75) is 38.3 Å². The molecule has 0 aromatic carbocycles. The lowest BCUT2D eigenvalue weighted by Gasteiger charge is -2.31. The molecule has 14 heavy (non-hydrogen) atoms. The van der Waals surface area contributed by atoms with Crippen LogP contribution in [0.4, 0.5) is 13.2 Å². The van der Waals surface area contributed by atoms with Crippen molar-refractivity contribution in [2.75, 3.05) is 6.61 Å². The summed E-state index contributed by atoms with van der Waals surface area (Å²) < 4.78 is 37.4. The summed E-state index contributed by atoms with van der Waals surface area (Å²) in [6.45, 7) is 0.0601. The summed E-state index contributed by atoms with van der Waals surface area (Å²) in [5.41, 5.74) is -0.146. The summed E-state index contributed by atoms with van der Waals surface area (Å²) >= 11 is 0. The fourth-order valence-corrected chi connectivity index (χ4v) is 2.92. The van der Waals surface area contributed by atoms with E-state index in [9.17, 15) is 13.2 Å². The number of aliphatic hydroxyl groups is 1. The Bertz CT molecular complexity index is 226. The zero-order chi connectivity index (χ0) is 10.4. The maximum absolute atomic E-state index is 12.5. The summed E-state index contributed by atoms with van der Waals surface area (Å²) in [6, 6.07) is 0. The second-order valence-electron chi connectivity index (χ2n) is 4.78. The predicted octanol–water partition coefficient (Wildman–Crippen LogP) is 2.74. The fourth-order valence-electron chi connectivity index (χ4n) is 2.92. The average molecular weight is 208 g/mol. The summed E-state index contributed by atoms with van der Waals surface area (Å²) in [5.74, 6) is -0.972. The molecule has 0 radical (unpaired) electrons. The van der Waals surface area contributed by atoms with Crippen LogP contribution in [-0.2, 0) is 0 Å². The first-order valence-corrected chi connectivity index (χ1v) is 5.15. The summed E-state index contributed by atoms with van der Waals surface area (Å²) in [7, 11) is 0. The molecule has 0 aromatic heterocycles. The Morgan fingerprint density at radius 1 is 1.29 bits per heavy atom. The van der Waals surface area contributed by atoms with Crippen LogP contribution in [0.5, 0.6) is 0 Å². The molecule has 0 heterocycles. The molecule has 0 bridgehead atoms. The lowest BCUT2D eigenvalue weighted by atomic mass is 9.77. The van der Waals surface area contributed by atoms with E-state index in [-0.39, 0.29) is 30.8 Å². The number of aliphatic hydroxyl groups excluding tert-OH is 1. The van der Waals surface area contributed by atoms with Crippen LogP contribution >= 0.6 is 0 Å². The number of hydrogen-bond acceptors (Lipinski definition) is 1. The van der Waals surface area contributed by atoms with Gasteiger partial charge in [-0.2, -0.15) is 13.2 Å². The van der Waals surface area contributed by atoms with Gasteiger partial charge < -0.3 is 5.11 Å². The Labute approximate surface area is 81.3 Å². The molecule has 1 N–H and O–H groups in total. The van der Waals surface area contributed by atoms with Gasteiger partial charge in [0.05, 0.1) is 5.92 Å². The molecule has 2 aliphatic rings. The maximum Gasteiger partial charge on any atom is 0.391 e. The lowest BCUT2D eigenvalue weighted by molar-refractivity contribution is -0.187. The monoisotopic (exact) mass is 208 g/mol. The Morgan fingerprint density at radius 2 is 2.00 bits per heavy atom. The Morgan fingerprint density at radius 3 is 2.50 bits per heavy atom. The molecular weight excluding hydrogens is 193 g/mol. The van der Waals surface area contributed by atoms with Crippen LogP contribution in [0.25, 0.3) is 0 Å². The van der Waals surface area contributed by atoms with E-state index in [0.29, 0.717) is 6.42 Å². The van der Waals surface area contributed by atoms with E-state index >= 15 is 0 Å². The van der Waals surface area contributed by atoms with Crippen molar-refractivity contribution in [2.24, 2.45) is 17.3 Å². The summed E-state index contributed by atoms with van der Waals surface area (Å²) in [4.78, 5) is 0. The van der Waals surface area contributed by atoms with Gasteiger partial charge in [0.15, 0.2) is 0 Å². The quantitative estimate of drug-likeness (QED) is 0.702. The van der Waals surface area contributed by atoms with Crippen LogP contribution in [0.3, 0.4) is 0 Å². The molecule has 0 aliphatic heterocycles. The van der Waals surface area contributed by atoms with E-state index in [2.05, 4.69) is 0 Å². The Kier molecular flexibility index (Phi) is 2.29. The van der Waals surface area contributed by atoms with Gasteiger partial charge in [-0.25, -0.2) is 0 Å². The second kappa shape index (κ2) is 3.12. The molecule has 2 aliphatic carbocycles. The van der Waals surface area contributed by atoms with E-state index in [1.807, 2.05) is 0 Å². The molecule has 2 saturated carbocycles. The van der Waals surface area contributed by atoms with Crippen molar-refractivity contribution in [1.82, 2.24) is 0 Å². The van der Waals surface area contributed by atoms with Crippen molar-refractivity contribution >= 4 is 0 Å². The first kappa shape index (κ1) is 10.3. The van der Waals surface area contributed by atoms with Crippen molar-refractivity contribution in [3.8, 4) is 0 Å². The molecule has 1 spiro atoms. The van der Waals surface area contributed by atoms with E-state index in [1.54, 1.807) is 0 Å². The third-order valence-corrected chi connectivity index (χ3v) is 3.92. The van der Waals surface area contributed by atoms with Gasteiger partial charge in [0.25, 0.3) is 0 Å². The van der Waals surface area contributed by atoms with Gasteiger partial charge in [0.1, 0.15) is 0 Å². The number of alkyl halides is 3. The van der Waals surface area contributed by atoms with Gasteiger partial charge in [0, 0.05) is 6.61 Å². The van der Waals surface area contributed by atoms with Gasteiger partial charge in [-0.3, -0.25) is 0 Å². The van der Waals surface area contributed by atoms with Crippen LogP contribution in [0, 0.1) is 17.3 Å². The summed E-state index contributed by atoms with van der Waals surface area (Å²) in [6.07, 6.45) is -1.15. The molecule has 82 valence electrons. The molecule has 2 fully saturated rings. The van der Waals surface area contributed by atoms with Gasteiger partial charge in [-0.05, 0) is 37.0 Å². The van der Waals surface area contributed by atoms with Crippen LogP contribution < -0.4 is 0 Å². The molecule has 0 saturated heterocycles. The zero-order valence-corrected chi connectivity index (χ0v) is 7.98. The molecule has 0 amide bonds. The highest BCUT2D eigenvalue weighted by Gasteiger charge is 2.58. The SMILES string of the molecule is OCC1CC12CCCC(C(F)(F)F)C2. The summed E-state index contributed by atoms with van der Waals surface area (Å²) in [5, 5.41) is 8.93. The van der Waals surface area contributed by atoms with Crippen LogP contribution in [0.15, 0.2) is 0 Å². The van der Waals surface area contributed by atoms with Gasteiger partial charge in [-0.1, -0.05) is 6.42 Å². The minimum atomic E-state index is -4.03. The van der Waals surface area contributed by atoms with Gasteiger partial charge in [0.2, 0.25) is 0 Å². The molecular formula is C10H15F3O. The first-order valence-electron chi connectivity index (χ1n) is 5.15. The largest absolute Gasteiger partial charge is 0.396 e. The van der Waals surface area contributed by atoms with E-state index in [4.69, 9.17) is 5.11 Å². The van der Waals surface area contributed by atoms with Gasteiger partial charge >= 0.3 is 6.18 Å². The van der Waals surface area contributed by atoms with Crippen LogP contribution in [0.1, 0.15) is 32.1 Å². The predicted molar refractivity (Wildman–Crippen MR) is 45.6 cm³/mol. The maximum atomic E-state index is 12.5. The smallest absolute Gasteiger partial charge is 0.391 e. The molecule has 1 nitrogen and oxygen atoms in total. The fraction of sp³-hybridized carbons (Fsp3) is 1.00.